The second kappa shape index (κ2) is 3.24. The Kier molecular flexibility index (Phi) is 2.32. The highest BCUT2D eigenvalue weighted by Crippen LogP contribution is 2.24. The minimum absolute atomic E-state index is 0.00264. The highest BCUT2D eigenvalue weighted by Gasteiger charge is 2.25. The molecule has 1 fully saturated rings. The summed E-state index contributed by atoms with van der Waals surface area (Å²) in [5.74, 6) is 0.0480. The maximum Gasteiger partial charge on any atom is 0.404 e. The molecule has 0 unspecified atom stereocenters. The van der Waals surface area contributed by atoms with E-state index in [1.54, 1.807) is 0 Å². The van der Waals surface area contributed by atoms with Crippen molar-refractivity contribution in [3.8, 4) is 6.07 Å². The van der Waals surface area contributed by atoms with Gasteiger partial charge in [0.25, 0.3) is 0 Å². The van der Waals surface area contributed by atoms with Crippen LogP contribution in [0.5, 0.6) is 0 Å². The largest absolute Gasteiger partial charge is 0.465 e. The second-order valence-corrected chi connectivity index (χ2v) is 2.79. The van der Waals surface area contributed by atoms with E-state index in [0.717, 1.165) is 12.8 Å². The molecule has 1 rings (SSSR count). The second-order valence-electron chi connectivity index (χ2n) is 2.79. The predicted molar refractivity (Wildman–Crippen MR) is 37.9 cm³/mol. The van der Waals surface area contributed by atoms with E-state index in [0.29, 0.717) is 6.42 Å². The molecule has 2 atom stereocenters. The van der Waals surface area contributed by atoms with Crippen LogP contribution in [-0.4, -0.2) is 17.2 Å². The van der Waals surface area contributed by atoms with Gasteiger partial charge in [-0.25, -0.2) is 4.79 Å². The first-order valence-electron chi connectivity index (χ1n) is 3.61. The van der Waals surface area contributed by atoms with Crippen molar-refractivity contribution in [2.75, 3.05) is 0 Å². The van der Waals surface area contributed by atoms with Crippen molar-refractivity contribution in [2.45, 2.75) is 25.3 Å². The maximum absolute atomic E-state index is 10.2. The van der Waals surface area contributed by atoms with Gasteiger partial charge in [0, 0.05) is 12.0 Å². The molecule has 0 spiro atoms. The molecule has 4 nitrogen and oxygen atoms in total. The van der Waals surface area contributed by atoms with Crippen LogP contribution in [-0.2, 0) is 0 Å². The number of hydrogen-bond donors (Lipinski definition) is 2. The van der Waals surface area contributed by atoms with Crippen molar-refractivity contribution in [3.05, 3.63) is 0 Å². The van der Waals surface area contributed by atoms with Gasteiger partial charge >= 0.3 is 6.09 Å². The molecule has 1 saturated carbocycles. The topological polar surface area (TPSA) is 73.1 Å². The summed E-state index contributed by atoms with van der Waals surface area (Å²) < 4.78 is 0. The van der Waals surface area contributed by atoms with Gasteiger partial charge in [-0.2, -0.15) is 5.26 Å². The smallest absolute Gasteiger partial charge is 0.404 e. The van der Waals surface area contributed by atoms with Crippen molar-refractivity contribution in [3.63, 3.8) is 0 Å². The van der Waals surface area contributed by atoms with Crippen LogP contribution in [0.4, 0.5) is 4.79 Å². The Morgan fingerprint density at radius 1 is 1.64 bits per heavy atom. The van der Waals surface area contributed by atoms with Crippen molar-refractivity contribution in [1.82, 2.24) is 5.32 Å². The lowest BCUT2D eigenvalue weighted by atomic mass is 10.1. The number of amides is 1. The Labute approximate surface area is 64.8 Å². The van der Waals surface area contributed by atoms with Crippen LogP contribution in [0.15, 0.2) is 0 Å². The molecule has 0 bridgehead atoms. The van der Waals surface area contributed by atoms with E-state index in [2.05, 4.69) is 11.4 Å². The molecular formula is C7H10N2O2. The van der Waals surface area contributed by atoms with Crippen LogP contribution in [0, 0.1) is 17.2 Å². The quantitative estimate of drug-likeness (QED) is 0.590. The van der Waals surface area contributed by atoms with Crippen LogP contribution >= 0.6 is 0 Å². The Morgan fingerprint density at radius 2 is 2.36 bits per heavy atom. The third-order valence-electron chi connectivity index (χ3n) is 1.94. The van der Waals surface area contributed by atoms with Crippen LogP contribution in [0.25, 0.3) is 0 Å². The SMILES string of the molecule is N#C[C@@H]1CC[C@@H](NC(=O)O)C1. The number of rotatable bonds is 1. The van der Waals surface area contributed by atoms with Crippen molar-refractivity contribution >= 4 is 6.09 Å². The van der Waals surface area contributed by atoms with Crippen LogP contribution in [0.1, 0.15) is 19.3 Å². The lowest BCUT2D eigenvalue weighted by Crippen LogP contribution is -2.31. The van der Waals surface area contributed by atoms with Gasteiger partial charge in [-0.15, -0.1) is 0 Å². The first-order valence-corrected chi connectivity index (χ1v) is 3.61. The first-order chi connectivity index (χ1) is 5.22. The van der Waals surface area contributed by atoms with E-state index in [-0.39, 0.29) is 12.0 Å². The zero-order chi connectivity index (χ0) is 8.27. The van der Waals surface area contributed by atoms with E-state index in [4.69, 9.17) is 10.4 Å². The average Bonchev–Trinajstić information content (AvgIpc) is 2.34. The lowest BCUT2D eigenvalue weighted by molar-refractivity contribution is 0.190. The van der Waals surface area contributed by atoms with Gasteiger partial charge in [0.2, 0.25) is 0 Å². The number of hydrogen-bond acceptors (Lipinski definition) is 2. The molecule has 4 heteroatoms. The third kappa shape index (κ3) is 2.11. The summed E-state index contributed by atoms with van der Waals surface area (Å²) in [6.07, 6.45) is 1.29. The average molecular weight is 154 g/mol. The number of nitrogens with one attached hydrogen (secondary N) is 1. The van der Waals surface area contributed by atoms with Gasteiger partial charge < -0.3 is 10.4 Å². The highest BCUT2D eigenvalue weighted by molar-refractivity contribution is 5.64. The van der Waals surface area contributed by atoms with Crippen molar-refractivity contribution in [2.24, 2.45) is 5.92 Å². The summed E-state index contributed by atoms with van der Waals surface area (Å²) in [6.45, 7) is 0. The summed E-state index contributed by atoms with van der Waals surface area (Å²) in [4.78, 5) is 10.2. The normalized spacial score (nSPS) is 29.4. The van der Waals surface area contributed by atoms with Crippen molar-refractivity contribution in [1.29, 1.82) is 5.26 Å². The fourth-order valence-corrected chi connectivity index (χ4v) is 1.40. The Morgan fingerprint density at radius 3 is 2.82 bits per heavy atom. The third-order valence-corrected chi connectivity index (χ3v) is 1.94. The lowest BCUT2D eigenvalue weighted by Gasteiger charge is -2.06. The van der Waals surface area contributed by atoms with E-state index in [9.17, 15) is 4.79 Å². The molecule has 1 amide bonds. The molecule has 2 N–H and O–H groups in total. The van der Waals surface area contributed by atoms with Gasteiger partial charge in [-0.05, 0) is 19.3 Å². The molecule has 0 heterocycles. The van der Waals surface area contributed by atoms with Crippen LogP contribution in [0.2, 0.25) is 0 Å². The van der Waals surface area contributed by atoms with E-state index < -0.39 is 6.09 Å². The molecule has 1 aliphatic rings. The highest BCUT2D eigenvalue weighted by atomic mass is 16.4. The molecule has 0 saturated heterocycles. The summed E-state index contributed by atoms with van der Waals surface area (Å²) in [7, 11) is 0. The molecule has 60 valence electrons. The van der Waals surface area contributed by atoms with Crippen molar-refractivity contribution < 1.29 is 9.90 Å². The Balaban J connectivity index is 2.31. The van der Waals surface area contributed by atoms with Gasteiger partial charge in [-0.1, -0.05) is 0 Å². The Bertz CT molecular complexity index is 197. The summed E-state index contributed by atoms with van der Waals surface area (Å²) in [5, 5.41) is 19.2. The molecule has 0 aliphatic heterocycles. The summed E-state index contributed by atoms with van der Waals surface area (Å²) in [5.41, 5.74) is 0. The monoisotopic (exact) mass is 154 g/mol. The molecule has 1 aliphatic carbocycles. The van der Waals surface area contributed by atoms with Crippen LogP contribution in [0.3, 0.4) is 0 Å². The van der Waals surface area contributed by atoms with Gasteiger partial charge in [0.1, 0.15) is 0 Å². The number of carbonyl (C=O) groups is 1. The minimum atomic E-state index is -0.992. The number of nitrogens with zero attached hydrogens (tertiary/aromatic N) is 1. The maximum atomic E-state index is 10.2. The fraction of sp³-hybridized carbons (Fsp3) is 0.714. The van der Waals surface area contributed by atoms with Gasteiger partial charge in [0.05, 0.1) is 6.07 Å². The number of nitriles is 1. The first kappa shape index (κ1) is 7.86. The minimum Gasteiger partial charge on any atom is -0.465 e. The van der Waals surface area contributed by atoms with Gasteiger partial charge in [-0.3, -0.25) is 0 Å². The molecule has 0 aromatic heterocycles. The van der Waals surface area contributed by atoms with E-state index >= 15 is 0 Å². The predicted octanol–water partition coefficient (Wildman–Crippen LogP) is 0.946. The molecular weight excluding hydrogens is 144 g/mol. The van der Waals surface area contributed by atoms with Gasteiger partial charge in [0.15, 0.2) is 0 Å². The van der Waals surface area contributed by atoms with E-state index in [1.165, 1.54) is 0 Å². The van der Waals surface area contributed by atoms with Crippen LogP contribution < -0.4 is 5.32 Å². The summed E-state index contributed by atoms with van der Waals surface area (Å²) >= 11 is 0. The molecule has 11 heavy (non-hydrogen) atoms. The molecule has 0 aromatic carbocycles. The zero-order valence-corrected chi connectivity index (χ0v) is 6.08. The molecule has 0 aromatic rings. The summed E-state index contributed by atoms with van der Waals surface area (Å²) in [6, 6.07) is 2.13. The standard InChI is InChI=1S/C7H10N2O2/c8-4-5-1-2-6(3-5)9-7(10)11/h5-6,9H,1-3H2,(H,10,11)/t5-,6-/m1/s1. The fourth-order valence-electron chi connectivity index (χ4n) is 1.40. The zero-order valence-electron chi connectivity index (χ0n) is 6.08. The van der Waals surface area contributed by atoms with E-state index in [1.807, 2.05) is 0 Å². The Hall–Kier alpha value is -1.24. The number of carboxylic acid groups (broad SMARTS) is 1. The molecule has 0 radical (unpaired) electrons.